The van der Waals surface area contributed by atoms with Crippen molar-refractivity contribution < 1.29 is 4.74 Å². The average Bonchev–Trinajstić information content (AvgIpc) is 2.03. The molecule has 1 unspecified atom stereocenters. The molecule has 3 nitrogen and oxygen atoms in total. The van der Waals surface area contributed by atoms with Gasteiger partial charge in [-0.25, -0.2) is 0 Å². The minimum atomic E-state index is 0.276. The third-order valence-electron chi connectivity index (χ3n) is 3.48. The van der Waals surface area contributed by atoms with Gasteiger partial charge in [0.25, 0.3) is 0 Å². The van der Waals surface area contributed by atoms with Crippen LogP contribution < -0.4 is 5.73 Å². The summed E-state index contributed by atoms with van der Waals surface area (Å²) in [6.07, 6.45) is 3.81. The largest absolute Gasteiger partial charge is 0.383 e. The zero-order valence-corrected chi connectivity index (χ0v) is 9.05. The molecule has 1 aliphatic rings. The van der Waals surface area contributed by atoms with E-state index in [1.165, 1.54) is 19.3 Å². The Morgan fingerprint density at radius 2 is 2.15 bits per heavy atom. The molecular weight excluding hydrogens is 164 g/mol. The fraction of sp³-hybridized carbons (Fsp3) is 1.00. The summed E-state index contributed by atoms with van der Waals surface area (Å²) in [5.41, 5.74) is 6.10. The molecule has 0 aromatic rings. The van der Waals surface area contributed by atoms with E-state index < -0.39 is 0 Å². The molecule has 3 heteroatoms. The summed E-state index contributed by atoms with van der Waals surface area (Å²) < 4.78 is 5.15. The molecule has 0 aromatic heterocycles. The smallest absolute Gasteiger partial charge is 0.0615 e. The summed E-state index contributed by atoms with van der Waals surface area (Å²) in [6.45, 7) is 3.76. The number of hydrogen-bond donors (Lipinski definition) is 1. The maximum absolute atomic E-state index is 5.82. The van der Waals surface area contributed by atoms with E-state index in [4.69, 9.17) is 10.5 Å². The van der Waals surface area contributed by atoms with E-state index in [-0.39, 0.29) is 5.54 Å². The highest BCUT2D eigenvalue weighted by atomic mass is 16.5. The fourth-order valence-corrected chi connectivity index (χ4v) is 2.11. The van der Waals surface area contributed by atoms with E-state index in [1.807, 2.05) is 0 Å². The highest BCUT2D eigenvalue weighted by Crippen LogP contribution is 2.36. The molecule has 1 aliphatic carbocycles. The Kier molecular flexibility index (Phi) is 3.71. The number of likely N-dealkylation sites (N-methyl/N-ethyl adjacent to an activating group) is 1. The van der Waals surface area contributed by atoms with Crippen LogP contribution in [-0.2, 0) is 4.74 Å². The van der Waals surface area contributed by atoms with Crippen molar-refractivity contribution in [3.05, 3.63) is 0 Å². The normalized spacial score (nSPS) is 22.8. The lowest BCUT2D eigenvalue weighted by atomic mass is 9.75. The Balaban J connectivity index is 2.48. The SMILES string of the molecule is COCC(C)N(C)C1(CN)CCC1. The molecule has 0 radical (unpaired) electrons. The summed E-state index contributed by atoms with van der Waals surface area (Å²) in [4.78, 5) is 2.39. The molecule has 0 bridgehead atoms. The third kappa shape index (κ3) is 2.03. The molecule has 0 aliphatic heterocycles. The van der Waals surface area contributed by atoms with Crippen molar-refractivity contribution in [1.82, 2.24) is 4.90 Å². The van der Waals surface area contributed by atoms with Gasteiger partial charge in [-0.3, -0.25) is 4.90 Å². The first-order valence-corrected chi connectivity index (χ1v) is 5.08. The summed E-state index contributed by atoms with van der Waals surface area (Å²) in [7, 11) is 3.91. The lowest BCUT2D eigenvalue weighted by Gasteiger charge is -2.50. The van der Waals surface area contributed by atoms with Crippen LogP contribution in [0, 0.1) is 0 Å². The molecule has 0 spiro atoms. The van der Waals surface area contributed by atoms with Crippen molar-refractivity contribution in [2.24, 2.45) is 5.73 Å². The Bertz CT molecular complexity index is 151. The zero-order chi connectivity index (χ0) is 9.90. The molecule has 78 valence electrons. The lowest BCUT2D eigenvalue weighted by molar-refractivity contribution is -0.00864. The van der Waals surface area contributed by atoms with Crippen LogP contribution in [-0.4, -0.2) is 43.8 Å². The number of ether oxygens (including phenoxy) is 1. The second-order valence-electron chi connectivity index (χ2n) is 4.20. The molecule has 2 N–H and O–H groups in total. The zero-order valence-electron chi connectivity index (χ0n) is 9.05. The van der Waals surface area contributed by atoms with Crippen molar-refractivity contribution in [2.45, 2.75) is 37.8 Å². The maximum atomic E-state index is 5.82. The summed E-state index contributed by atoms with van der Waals surface area (Å²) >= 11 is 0. The fourth-order valence-electron chi connectivity index (χ4n) is 2.11. The first kappa shape index (κ1) is 11.0. The summed E-state index contributed by atoms with van der Waals surface area (Å²) in [5.74, 6) is 0. The molecule has 0 heterocycles. The van der Waals surface area contributed by atoms with Gasteiger partial charge in [0.05, 0.1) is 6.61 Å². The van der Waals surface area contributed by atoms with Gasteiger partial charge in [0, 0.05) is 25.2 Å². The van der Waals surface area contributed by atoms with Gasteiger partial charge in [-0.1, -0.05) is 0 Å². The van der Waals surface area contributed by atoms with E-state index in [0.29, 0.717) is 6.04 Å². The monoisotopic (exact) mass is 186 g/mol. The molecular formula is C10H22N2O. The van der Waals surface area contributed by atoms with E-state index in [1.54, 1.807) is 7.11 Å². The van der Waals surface area contributed by atoms with Crippen LogP contribution in [0.2, 0.25) is 0 Å². The number of nitrogens with zero attached hydrogens (tertiary/aromatic N) is 1. The molecule has 1 fully saturated rings. The van der Waals surface area contributed by atoms with Crippen molar-refractivity contribution in [3.8, 4) is 0 Å². The number of methoxy groups -OCH3 is 1. The summed E-state index contributed by atoms with van der Waals surface area (Å²) in [6, 6.07) is 0.467. The lowest BCUT2D eigenvalue weighted by Crippen LogP contribution is -2.60. The van der Waals surface area contributed by atoms with Crippen molar-refractivity contribution in [3.63, 3.8) is 0 Å². The average molecular weight is 186 g/mol. The second-order valence-corrected chi connectivity index (χ2v) is 4.20. The minimum Gasteiger partial charge on any atom is -0.383 e. The van der Waals surface area contributed by atoms with Gasteiger partial charge in [0.2, 0.25) is 0 Å². The van der Waals surface area contributed by atoms with Gasteiger partial charge >= 0.3 is 0 Å². The predicted molar refractivity (Wildman–Crippen MR) is 54.7 cm³/mol. The van der Waals surface area contributed by atoms with Gasteiger partial charge in [-0.15, -0.1) is 0 Å². The standard InChI is InChI=1S/C10H22N2O/c1-9(7-13-3)12(2)10(8-11)5-4-6-10/h9H,4-8,11H2,1-3H3. The van der Waals surface area contributed by atoms with Crippen molar-refractivity contribution in [1.29, 1.82) is 0 Å². The first-order valence-electron chi connectivity index (χ1n) is 5.08. The Labute approximate surface area is 81.2 Å². The van der Waals surface area contributed by atoms with E-state index in [0.717, 1.165) is 13.2 Å². The van der Waals surface area contributed by atoms with Crippen LogP contribution in [0.5, 0.6) is 0 Å². The van der Waals surface area contributed by atoms with Crippen molar-refractivity contribution in [2.75, 3.05) is 27.3 Å². The van der Waals surface area contributed by atoms with Gasteiger partial charge in [-0.2, -0.15) is 0 Å². The maximum Gasteiger partial charge on any atom is 0.0615 e. The van der Waals surface area contributed by atoms with Crippen LogP contribution in [0.3, 0.4) is 0 Å². The van der Waals surface area contributed by atoms with Gasteiger partial charge in [0.15, 0.2) is 0 Å². The molecule has 0 saturated heterocycles. The second kappa shape index (κ2) is 4.40. The highest BCUT2D eigenvalue weighted by Gasteiger charge is 2.40. The van der Waals surface area contributed by atoms with Crippen molar-refractivity contribution >= 4 is 0 Å². The predicted octanol–water partition coefficient (Wildman–Crippen LogP) is 0.834. The Hall–Kier alpha value is -0.120. The van der Waals surface area contributed by atoms with Gasteiger partial charge in [-0.05, 0) is 33.2 Å². The highest BCUT2D eigenvalue weighted by molar-refractivity contribution is 4.99. The Morgan fingerprint density at radius 3 is 2.46 bits per heavy atom. The molecule has 0 aromatic carbocycles. The molecule has 1 saturated carbocycles. The van der Waals surface area contributed by atoms with Crippen LogP contribution in [0.4, 0.5) is 0 Å². The van der Waals surface area contributed by atoms with Crippen LogP contribution >= 0.6 is 0 Å². The molecule has 1 atom stereocenters. The topological polar surface area (TPSA) is 38.5 Å². The van der Waals surface area contributed by atoms with E-state index >= 15 is 0 Å². The number of hydrogen-bond acceptors (Lipinski definition) is 3. The van der Waals surface area contributed by atoms with Crippen LogP contribution in [0.25, 0.3) is 0 Å². The van der Waals surface area contributed by atoms with E-state index in [9.17, 15) is 0 Å². The molecule has 13 heavy (non-hydrogen) atoms. The van der Waals surface area contributed by atoms with E-state index in [2.05, 4.69) is 18.9 Å². The first-order chi connectivity index (χ1) is 6.16. The molecule has 1 rings (SSSR count). The number of rotatable bonds is 5. The quantitative estimate of drug-likeness (QED) is 0.691. The van der Waals surface area contributed by atoms with Gasteiger partial charge in [0.1, 0.15) is 0 Å². The minimum absolute atomic E-state index is 0.276. The van der Waals surface area contributed by atoms with Gasteiger partial charge < -0.3 is 10.5 Å². The third-order valence-corrected chi connectivity index (χ3v) is 3.48. The summed E-state index contributed by atoms with van der Waals surface area (Å²) in [5, 5.41) is 0. The number of nitrogens with two attached hydrogens (primary N) is 1. The van der Waals surface area contributed by atoms with Crippen LogP contribution in [0.15, 0.2) is 0 Å². The van der Waals surface area contributed by atoms with Crippen LogP contribution in [0.1, 0.15) is 26.2 Å². The molecule has 0 amide bonds. The Morgan fingerprint density at radius 1 is 1.54 bits per heavy atom.